The molecule has 25 heavy (non-hydrogen) atoms. The Kier molecular flexibility index (Phi) is 6.11. The predicted molar refractivity (Wildman–Crippen MR) is 97.0 cm³/mol. The van der Waals surface area contributed by atoms with Gasteiger partial charge in [0, 0.05) is 18.2 Å². The first-order valence-electron chi connectivity index (χ1n) is 8.16. The van der Waals surface area contributed by atoms with Crippen molar-refractivity contribution in [2.75, 3.05) is 5.32 Å². The highest BCUT2D eigenvalue weighted by molar-refractivity contribution is 5.96. The number of aryl methyl sites for hydroxylation is 1. The number of ether oxygens (including phenoxy) is 1. The minimum absolute atomic E-state index is 0.111. The number of hydrogen-bond acceptors (Lipinski definition) is 4. The maximum atomic E-state index is 12.2. The van der Waals surface area contributed by atoms with Crippen molar-refractivity contribution in [3.63, 3.8) is 0 Å². The molecule has 6 nitrogen and oxygen atoms in total. The number of aromatic nitrogens is 2. The first kappa shape index (κ1) is 18.4. The van der Waals surface area contributed by atoms with Gasteiger partial charge in [-0.05, 0) is 39.3 Å². The predicted octanol–water partition coefficient (Wildman–Crippen LogP) is 3.36. The maximum absolute atomic E-state index is 12.2. The number of rotatable bonds is 6. The number of amides is 1. The van der Waals surface area contributed by atoms with Gasteiger partial charge in [0.15, 0.2) is 6.10 Å². The minimum Gasteiger partial charge on any atom is -0.449 e. The molecule has 0 unspecified atom stereocenters. The number of anilines is 1. The van der Waals surface area contributed by atoms with Crippen LogP contribution in [0.25, 0.3) is 6.08 Å². The molecule has 0 bridgehead atoms. The van der Waals surface area contributed by atoms with Crippen molar-refractivity contribution >= 4 is 23.8 Å². The van der Waals surface area contributed by atoms with Crippen LogP contribution in [0.1, 0.15) is 37.9 Å². The van der Waals surface area contributed by atoms with Crippen molar-refractivity contribution in [1.82, 2.24) is 9.78 Å². The Bertz CT molecular complexity index is 778. The van der Waals surface area contributed by atoms with E-state index in [1.165, 1.54) is 13.0 Å². The number of benzene rings is 1. The third-order valence-electron chi connectivity index (χ3n) is 3.53. The first-order valence-corrected chi connectivity index (χ1v) is 8.16. The van der Waals surface area contributed by atoms with E-state index < -0.39 is 18.0 Å². The van der Waals surface area contributed by atoms with Gasteiger partial charge in [-0.25, -0.2) is 9.48 Å². The van der Waals surface area contributed by atoms with Gasteiger partial charge in [-0.2, -0.15) is 5.10 Å². The number of nitrogens with zero attached hydrogens (tertiary/aromatic N) is 2. The van der Waals surface area contributed by atoms with Crippen molar-refractivity contribution in [1.29, 1.82) is 0 Å². The molecular weight excluding hydrogens is 318 g/mol. The fourth-order valence-electron chi connectivity index (χ4n) is 2.26. The molecule has 1 atom stereocenters. The van der Waals surface area contributed by atoms with E-state index in [0.717, 1.165) is 11.1 Å². The largest absolute Gasteiger partial charge is 0.449 e. The van der Waals surface area contributed by atoms with Crippen LogP contribution in [0.15, 0.2) is 42.6 Å². The van der Waals surface area contributed by atoms with Crippen LogP contribution < -0.4 is 5.32 Å². The molecule has 1 N–H and O–H groups in total. The van der Waals surface area contributed by atoms with Gasteiger partial charge in [0.1, 0.15) is 5.82 Å². The van der Waals surface area contributed by atoms with Gasteiger partial charge >= 0.3 is 5.97 Å². The Hall–Kier alpha value is -2.89. The van der Waals surface area contributed by atoms with E-state index in [0.29, 0.717) is 5.82 Å². The molecule has 2 aromatic rings. The number of hydrogen-bond donors (Lipinski definition) is 1. The standard InChI is InChI=1S/C19H23N3O3/c1-13(2)22-17(10-11-20-22)21-19(24)15(4)25-18(23)9-8-16-7-5-6-14(3)12-16/h5-13,15H,1-4H3,(H,21,24)/b9-8+/t15-/m1/s1. The average Bonchev–Trinajstić information content (AvgIpc) is 3.01. The highest BCUT2D eigenvalue weighted by Gasteiger charge is 2.18. The van der Waals surface area contributed by atoms with Crippen molar-refractivity contribution in [2.45, 2.75) is 39.8 Å². The second-order valence-electron chi connectivity index (χ2n) is 6.07. The Morgan fingerprint density at radius 3 is 2.68 bits per heavy atom. The maximum Gasteiger partial charge on any atom is 0.331 e. The van der Waals surface area contributed by atoms with Gasteiger partial charge < -0.3 is 10.1 Å². The van der Waals surface area contributed by atoms with Gasteiger partial charge in [-0.1, -0.05) is 29.8 Å². The normalized spacial score (nSPS) is 12.4. The van der Waals surface area contributed by atoms with Gasteiger partial charge in [0.05, 0.1) is 6.20 Å². The van der Waals surface area contributed by atoms with Gasteiger partial charge in [-0.3, -0.25) is 4.79 Å². The van der Waals surface area contributed by atoms with Crippen LogP contribution in [-0.2, 0) is 14.3 Å². The summed E-state index contributed by atoms with van der Waals surface area (Å²) in [5.41, 5.74) is 2.00. The lowest BCUT2D eigenvalue weighted by molar-refractivity contribution is -0.148. The fraction of sp³-hybridized carbons (Fsp3) is 0.316. The third-order valence-corrected chi connectivity index (χ3v) is 3.53. The van der Waals surface area contributed by atoms with E-state index >= 15 is 0 Å². The van der Waals surface area contributed by atoms with E-state index in [-0.39, 0.29) is 6.04 Å². The van der Waals surface area contributed by atoms with Crippen molar-refractivity contribution < 1.29 is 14.3 Å². The zero-order valence-corrected chi connectivity index (χ0v) is 14.9. The van der Waals surface area contributed by atoms with Crippen LogP contribution in [0.5, 0.6) is 0 Å². The summed E-state index contributed by atoms with van der Waals surface area (Å²) in [6, 6.07) is 9.54. The number of esters is 1. The molecule has 0 aliphatic heterocycles. The van der Waals surface area contributed by atoms with Gasteiger partial charge in [0.25, 0.3) is 5.91 Å². The van der Waals surface area contributed by atoms with Crippen LogP contribution in [0.4, 0.5) is 5.82 Å². The summed E-state index contributed by atoms with van der Waals surface area (Å²) in [5, 5.41) is 6.86. The Morgan fingerprint density at radius 1 is 1.24 bits per heavy atom. The highest BCUT2D eigenvalue weighted by atomic mass is 16.5. The quantitative estimate of drug-likeness (QED) is 0.646. The Labute approximate surface area is 147 Å². The zero-order chi connectivity index (χ0) is 18.4. The molecule has 0 radical (unpaired) electrons. The SMILES string of the molecule is Cc1cccc(/C=C/C(=O)O[C@H](C)C(=O)Nc2ccnn2C(C)C)c1. The summed E-state index contributed by atoms with van der Waals surface area (Å²) in [7, 11) is 0. The summed E-state index contributed by atoms with van der Waals surface area (Å²) in [6.07, 6.45) is 3.67. The molecule has 6 heteroatoms. The molecular formula is C19H23N3O3. The summed E-state index contributed by atoms with van der Waals surface area (Å²) in [6.45, 7) is 7.43. The number of nitrogens with one attached hydrogen (secondary N) is 1. The fourth-order valence-corrected chi connectivity index (χ4v) is 2.26. The molecule has 1 aromatic heterocycles. The Balaban J connectivity index is 1.92. The monoisotopic (exact) mass is 341 g/mol. The second kappa shape index (κ2) is 8.28. The van der Waals surface area contributed by atoms with Crippen LogP contribution in [0.3, 0.4) is 0 Å². The molecule has 1 amide bonds. The first-order chi connectivity index (χ1) is 11.9. The van der Waals surface area contributed by atoms with E-state index in [1.807, 2.05) is 45.0 Å². The molecule has 0 aliphatic rings. The molecule has 0 aliphatic carbocycles. The van der Waals surface area contributed by atoms with Crippen molar-refractivity contribution in [2.24, 2.45) is 0 Å². The average molecular weight is 341 g/mol. The van der Waals surface area contributed by atoms with Crippen molar-refractivity contribution in [3.8, 4) is 0 Å². The topological polar surface area (TPSA) is 73.2 Å². The number of carbonyl (C=O) groups excluding carboxylic acids is 2. The Morgan fingerprint density at radius 2 is 2.00 bits per heavy atom. The molecule has 1 aromatic carbocycles. The summed E-state index contributed by atoms with van der Waals surface area (Å²) >= 11 is 0. The molecule has 0 saturated carbocycles. The smallest absolute Gasteiger partial charge is 0.331 e. The molecule has 2 rings (SSSR count). The van der Waals surface area contributed by atoms with E-state index in [1.54, 1.807) is 23.0 Å². The van der Waals surface area contributed by atoms with Crippen LogP contribution in [0.2, 0.25) is 0 Å². The molecule has 0 fully saturated rings. The summed E-state index contributed by atoms with van der Waals surface area (Å²) in [5.74, 6) is -0.403. The van der Waals surface area contributed by atoms with E-state index in [9.17, 15) is 9.59 Å². The molecule has 1 heterocycles. The molecule has 0 saturated heterocycles. The minimum atomic E-state index is -0.912. The summed E-state index contributed by atoms with van der Waals surface area (Å²) in [4.78, 5) is 24.1. The lowest BCUT2D eigenvalue weighted by Gasteiger charge is -2.15. The molecule has 132 valence electrons. The molecule has 0 spiro atoms. The lowest BCUT2D eigenvalue weighted by Crippen LogP contribution is -2.30. The van der Waals surface area contributed by atoms with Crippen LogP contribution in [-0.4, -0.2) is 27.8 Å². The van der Waals surface area contributed by atoms with Gasteiger partial charge in [-0.15, -0.1) is 0 Å². The second-order valence-corrected chi connectivity index (χ2v) is 6.07. The van der Waals surface area contributed by atoms with Crippen molar-refractivity contribution in [3.05, 3.63) is 53.7 Å². The zero-order valence-electron chi connectivity index (χ0n) is 14.9. The number of carbonyl (C=O) groups is 2. The lowest BCUT2D eigenvalue weighted by atomic mass is 10.1. The van der Waals surface area contributed by atoms with Crippen LogP contribution in [0, 0.1) is 6.92 Å². The third kappa shape index (κ3) is 5.31. The summed E-state index contributed by atoms with van der Waals surface area (Å²) < 4.78 is 6.83. The van der Waals surface area contributed by atoms with Crippen LogP contribution >= 0.6 is 0 Å². The van der Waals surface area contributed by atoms with E-state index in [2.05, 4.69) is 10.4 Å². The highest BCUT2D eigenvalue weighted by Crippen LogP contribution is 2.13. The van der Waals surface area contributed by atoms with Gasteiger partial charge in [0.2, 0.25) is 0 Å². The van der Waals surface area contributed by atoms with E-state index in [4.69, 9.17) is 4.74 Å².